The van der Waals surface area contributed by atoms with Gasteiger partial charge in [0.05, 0.1) is 13.2 Å². The highest BCUT2D eigenvalue weighted by Crippen LogP contribution is 2.43. The first-order valence-corrected chi connectivity index (χ1v) is 39.5. The minimum atomic E-state index is -4.39. The zero-order valence-electron chi connectivity index (χ0n) is 57.3. The molecule has 508 valence electrons. The largest absolute Gasteiger partial charge is 0.472 e. The fraction of sp³-hybridized carbons (Fsp3) is 0.895. The normalized spacial score (nSPS) is 13.0. The number of nitrogens with two attached hydrogens (primary N) is 1. The van der Waals surface area contributed by atoms with E-state index in [1.165, 1.54) is 321 Å². The number of carbonyl (C=O) groups excluding carboxylic acids is 2. The predicted molar refractivity (Wildman–Crippen MR) is 372 cm³/mol. The molecule has 0 rings (SSSR count). The standard InChI is InChI=1S/C76H146NO8P/c1-3-5-7-9-11-13-15-17-19-21-23-25-27-29-31-32-33-34-35-36-37-38-39-40-41-43-44-46-48-50-52-54-56-58-60-62-64-66-68-75(78)82-72-74(73-84-86(80,81)83-71-70-77)85-76(79)69-67-65-63-61-59-57-55-53-51-49-47-45-42-30-28-26-24-22-20-18-16-14-12-10-8-6-4-2/h16,18,22,24,28,30,74H,3-15,17,19-21,23,25-27,29,31-73,77H2,1-2H3,(H,80,81)/b18-16-,24-22-,30-28-. The van der Waals surface area contributed by atoms with Crippen molar-refractivity contribution in [2.45, 2.75) is 412 Å². The van der Waals surface area contributed by atoms with Crippen molar-refractivity contribution < 1.29 is 37.6 Å². The third-order valence-corrected chi connectivity index (χ3v) is 18.3. The van der Waals surface area contributed by atoms with Crippen LogP contribution in [-0.2, 0) is 32.7 Å². The first kappa shape index (κ1) is 84.2. The Bertz CT molecular complexity index is 1500. The molecule has 0 aliphatic carbocycles. The van der Waals surface area contributed by atoms with Gasteiger partial charge in [-0.3, -0.25) is 18.6 Å². The molecule has 2 unspecified atom stereocenters. The van der Waals surface area contributed by atoms with E-state index in [1.807, 2.05) is 0 Å². The lowest BCUT2D eigenvalue weighted by molar-refractivity contribution is -0.161. The molecule has 86 heavy (non-hydrogen) atoms. The van der Waals surface area contributed by atoms with E-state index >= 15 is 0 Å². The molecule has 0 amide bonds. The van der Waals surface area contributed by atoms with Gasteiger partial charge in [-0.25, -0.2) is 4.57 Å². The third-order valence-electron chi connectivity index (χ3n) is 17.3. The van der Waals surface area contributed by atoms with E-state index in [9.17, 15) is 19.0 Å². The number of phosphoric acid groups is 1. The fourth-order valence-corrected chi connectivity index (χ4v) is 12.4. The lowest BCUT2D eigenvalue weighted by Gasteiger charge is -2.19. The summed E-state index contributed by atoms with van der Waals surface area (Å²) >= 11 is 0. The molecule has 0 radical (unpaired) electrons. The first-order chi connectivity index (χ1) is 42.3. The van der Waals surface area contributed by atoms with Gasteiger partial charge in [-0.2, -0.15) is 0 Å². The summed E-state index contributed by atoms with van der Waals surface area (Å²) in [5, 5.41) is 0. The number of unbranched alkanes of at least 4 members (excludes halogenated alkanes) is 54. The minimum absolute atomic E-state index is 0.0548. The molecule has 0 aromatic heterocycles. The van der Waals surface area contributed by atoms with Gasteiger partial charge >= 0.3 is 19.8 Å². The second-order valence-corrected chi connectivity index (χ2v) is 27.3. The Balaban J connectivity index is 3.76. The van der Waals surface area contributed by atoms with Gasteiger partial charge in [0.25, 0.3) is 0 Å². The van der Waals surface area contributed by atoms with Gasteiger partial charge in [0.1, 0.15) is 6.61 Å². The van der Waals surface area contributed by atoms with Crippen molar-refractivity contribution in [3.63, 3.8) is 0 Å². The number of hydrogen-bond acceptors (Lipinski definition) is 8. The Morgan fingerprint density at radius 1 is 0.349 bits per heavy atom. The number of carbonyl (C=O) groups is 2. The highest BCUT2D eigenvalue weighted by molar-refractivity contribution is 7.47. The molecule has 3 N–H and O–H groups in total. The Kier molecular flexibility index (Phi) is 70.8. The summed E-state index contributed by atoms with van der Waals surface area (Å²) in [6.07, 6.45) is 91.3. The number of allylic oxidation sites excluding steroid dienone is 6. The molecule has 0 bridgehead atoms. The second-order valence-electron chi connectivity index (χ2n) is 25.9. The Morgan fingerprint density at radius 2 is 0.605 bits per heavy atom. The Labute approximate surface area is 535 Å². The molecule has 0 saturated carbocycles. The highest BCUT2D eigenvalue weighted by Gasteiger charge is 2.26. The van der Waals surface area contributed by atoms with E-state index in [0.717, 1.165) is 51.4 Å². The molecule has 0 heterocycles. The van der Waals surface area contributed by atoms with Crippen LogP contribution in [0.15, 0.2) is 36.5 Å². The topological polar surface area (TPSA) is 134 Å². The Hall–Kier alpha value is -1.77. The third kappa shape index (κ3) is 71.3. The van der Waals surface area contributed by atoms with Crippen LogP contribution >= 0.6 is 7.82 Å². The summed E-state index contributed by atoms with van der Waals surface area (Å²) in [4.78, 5) is 35.4. The molecule has 2 atom stereocenters. The van der Waals surface area contributed by atoms with Gasteiger partial charge in [-0.05, 0) is 51.4 Å². The van der Waals surface area contributed by atoms with Crippen molar-refractivity contribution in [2.75, 3.05) is 26.4 Å². The number of ether oxygens (including phenoxy) is 2. The average molecular weight is 1230 g/mol. The molecule has 0 saturated heterocycles. The summed E-state index contributed by atoms with van der Waals surface area (Å²) < 4.78 is 33.2. The summed E-state index contributed by atoms with van der Waals surface area (Å²) in [7, 11) is -4.39. The molecule has 10 heteroatoms. The number of esters is 2. The van der Waals surface area contributed by atoms with E-state index in [-0.39, 0.29) is 38.6 Å². The average Bonchev–Trinajstić information content (AvgIpc) is 3.60. The lowest BCUT2D eigenvalue weighted by atomic mass is 10.0. The fourth-order valence-electron chi connectivity index (χ4n) is 11.7. The van der Waals surface area contributed by atoms with Crippen molar-refractivity contribution >= 4 is 19.8 Å². The van der Waals surface area contributed by atoms with Crippen LogP contribution in [0, 0.1) is 0 Å². The zero-order chi connectivity index (χ0) is 62.3. The van der Waals surface area contributed by atoms with Gasteiger partial charge in [-0.15, -0.1) is 0 Å². The van der Waals surface area contributed by atoms with Gasteiger partial charge in [0.15, 0.2) is 6.10 Å². The molecule has 0 aromatic rings. The van der Waals surface area contributed by atoms with E-state index in [1.54, 1.807) is 0 Å². The maximum atomic E-state index is 12.8. The minimum Gasteiger partial charge on any atom is -0.462 e. The van der Waals surface area contributed by atoms with Crippen LogP contribution in [0.25, 0.3) is 0 Å². The van der Waals surface area contributed by atoms with Crippen LogP contribution in [-0.4, -0.2) is 49.3 Å². The van der Waals surface area contributed by atoms with Crippen molar-refractivity contribution in [3.8, 4) is 0 Å². The Morgan fingerprint density at radius 3 is 0.895 bits per heavy atom. The number of phosphoric ester groups is 1. The van der Waals surface area contributed by atoms with Gasteiger partial charge in [0, 0.05) is 19.4 Å². The summed E-state index contributed by atoms with van der Waals surface area (Å²) in [5.74, 6) is -0.808. The molecule has 0 spiro atoms. The first-order valence-electron chi connectivity index (χ1n) is 38.0. The number of hydrogen-bond donors (Lipinski definition) is 2. The van der Waals surface area contributed by atoms with Gasteiger partial charge < -0.3 is 20.1 Å². The molecule has 0 fully saturated rings. The smallest absolute Gasteiger partial charge is 0.462 e. The quantitative estimate of drug-likeness (QED) is 0.0264. The molecule has 0 aliphatic rings. The van der Waals surface area contributed by atoms with Crippen LogP contribution in [0.1, 0.15) is 406 Å². The molecule has 9 nitrogen and oxygen atoms in total. The monoisotopic (exact) mass is 1230 g/mol. The molecule has 0 aliphatic heterocycles. The van der Waals surface area contributed by atoms with Crippen molar-refractivity contribution in [1.29, 1.82) is 0 Å². The van der Waals surface area contributed by atoms with E-state index < -0.39 is 26.5 Å². The second kappa shape index (κ2) is 72.3. The van der Waals surface area contributed by atoms with Crippen molar-refractivity contribution in [3.05, 3.63) is 36.5 Å². The SMILES string of the molecule is CCCCCCC/C=C\C/C=C\C/C=C\CCCCCCCCCCCCCCC(=O)OC(COC(=O)CCCCCCCCCCCCCCCCCCCCCCCCCCCCCCCCCCCCCCCC)COP(=O)(O)OCCN. The summed E-state index contributed by atoms with van der Waals surface area (Å²) in [6, 6.07) is 0. The van der Waals surface area contributed by atoms with E-state index in [2.05, 4.69) is 50.3 Å². The summed E-state index contributed by atoms with van der Waals surface area (Å²) in [6.45, 7) is 3.81. The summed E-state index contributed by atoms with van der Waals surface area (Å²) in [5.41, 5.74) is 5.41. The maximum absolute atomic E-state index is 12.8. The van der Waals surface area contributed by atoms with Gasteiger partial charge in [0.2, 0.25) is 0 Å². The predicted octanol–water partition coefficient (Wildman–Crippen LogP) is 25.0. The zero-order valence-corrected chi connectivity index (χ0v) is 58.2. The van der Waals surface area contributed by atoms with Crippen LogP contribution in [0.5, 0.6) is 0 Å². The lowest BCUT2D eigenvalue weighted by Crippen LogP contribution is -2.29. The molecular formula is C76H146NO8P. The van der Waals surface area contributed by atoms with E-state index in [0.29, 0.717) is 6.42 Å². The molecule has 0 aromatic carbocycles. The van der Waals surface area contributed by atoms with Crippen LogP contribution in [0.4, 0.5) is 0 Å². The van der Waals surface area contributed by atoms with E-state index in [4.69, 9.17) is 24.3 Å². The van der Waals surface area contributed by atoms with Gasteiger partial charge in [-0.1, -0.05) is 378 Å². The van der Waals surface area contributed by atoms with Crippen molar-refractivity contribution in [2.24, 2.45) is 5.73 Å². The molecular weight excluding hydrogens is 1090 g/mol. The van der Waals surface area contributed by atoms with Crippen LogP contribution < -0.4 is 5.73 Å². The van der Waals surface area contributed by atoms with Crippen LogP contribution in [0.2, 0.25) is 0 Å². The highest BCUT2D eigenvalue weighted by atomic mass is 31.2. The number of rotatable bonds is 73. The van der Waals surface area contributed by atoms with Crippen LogP contribution in [0.3, 0.4) is 0 Å². The van der Waals surface area contributed by atoms with Crippen molar-refractivity contribution in [1.82, 2.24) is 0 Å². The maximum Gasteiger partial charge on any atom is 0.472 e.